The van der Waals surface area contributed by atoms with Gasteiger partial charge in [0.15, 0.2) is 0 Å². The lowest BCUT2D eigenvalue weighted by atomic mass is 9.90. The highest BCUT2D eigenvalue weighted by Crippen LogP contribution is 2.17. The highest BCUT2D eigenvalue weighted by Gasteiger charge is 2.37. The summed E-state index contributed by atoms with van der Waals surface area (Å²) in [7, 11) is 1.61. The van der Waals surface area contributed by atoms with Crippen LogP contribution in [0.2, 0.25) is 0 Å². The van der Waals surface area contributed by atoms with Gasteiger partial charge in [-0.2, -0.15) is 0 Å². The smallest absolute Gasteiger partial charge is 0.331 e. The maximum atomic E-state index is 13.0. The van der Waals surface area contributed by atoms with Gasteiger partial charge in [-0.25, -0.2) is 4.79 Å². The molecule has 0 fully saturated rings. The summed E-state index contributed by atoms with van der Waals surface area (Å²) in [5.41, 5.74) is -0.513. The Labute approximate surface area is 197 Å². The van der Waals surface area contributed by atoms with Gasteiger partial charge in [0.2, 0.25) is 11.8 Å². The topological polar surface area (TPSA) is 98.7 Å². The van der Waals surface area contributed by atoms with Crippen molar-refractivity contribution in [2.24, 2.45) is 5.92 Å². The zero-order valence-electron chi connectivity index (χ0n) is 22.6. The van der Waals surface area contributed by atoms with Crippen molar-refractivity contribution in [1.29, 1.82) is 0 Å². The molecule has 0 aliphatic carbocycles. The number of carboxylic acids is 1. The molecule has 32 heavy (non-hydrogen) atoms. The molecule has 0 spiro atoms. The van der Waals surface area contributed by atoms with E-state index in [1.54, 1.807) is 7.05 Å². The van der Waals surface area contributed by atoms with E-state index in [1.807, 2.05) is 48.5 Å². The number of aliphatic carboxylic acids is 1. The first-order valence-corrected chi connectivity index (χ1v) is 12.2. The zero-order chi connectivity index (χ0) is 25.9. The summed E-state index contributed by atoms with van der Waals surface area (Å²) >= 11 is 0. The lowest BCUT2D eigenvalue weighted by Gasteiger charge is -2.35. The molecule has 0 aromatic heterocycles. The van der Waals surface area contributed by atoms with E-state index in [0.717, 1.165) is 13.0 Å². The zero-order valence-corrected chi connectivity index (χ0v) is 22.6. The molecule has 190 valence electrons. The van der Waals surface area contributed by atoms with Crippen molar-refractivity contribution in [2.75, 3.05) is 20.1 Å². The number of rotatable bonds is 12. The van der Waals surface area contributed by atoms with Gasteiger partial charge in [0.05, 0.1) is 5.54 Å². The van der Waals surface area contributed by atoms with E-state index in [-0.39, 0.29) is 29.9 Å². The number of carbonyl (C=O) groups is 3. The molecule has 0 aromatic carbocycles. The predicted molar refractivity (Wildman–Crippen MR) is 135 cm³/mol. The summed E-state index contributed by atoms with van der Waals surface area (Å²) < 4.78 is 0. The summed E-state index contributed by atoms with van der Waals surface area (Å²) in [4.78, 5) is 38.2. The number of nitrogens with one attached hydrogen (secondary N) is 2. The van der Waals surface area contributed by atoms with Crippen LogP contribution in [0.25, 0.3) is 0 Å². The van der Waals surface area contributed by atoms with E-state index < -0.39 is 17.6 Å². The highest BCUT2D eigenvalue weighted by molar-refractivity contribution is 5.92. The molecule has 2 amide bonds. The third kappa shape index (κ3) is 12.8. The number of likely N-dealkylation sites (N-methyl/N-ethyl adjacent to an activating group) is 1. The molecule has 0 aliphatic rings. The maximum Gasteiger partial charge on any atom is 0.331 e. The standard InChI is InChI=1S/C20H37N3O4.C3H8.C2H6/c1-8-12-21-20(9-2,10-3)19(27)22-16(14(4)5)17(24)23(7)13-11-15(6)18(25)26;1-3-2;1-2/h11,14,16,21H,8-10,12-13H2,1-7H3,(H,22,27)(H,25,26);3H2,1-2H3;1-2H3/b15-11+;;. The summed E-state index contributed by atoms with van der Waals surface area (Å²) in [6, 6.07) is -0.665. The number of carboxylic acid groups (broad SMARTS) is 1. The normalized spacial score (nSPS) is 12.1. The molecule has 1 unspecified atom stereocenters. The van der Waals surface area contributed by atoms with Gasteiger partial charge < -0.3 is 20.6 Å². The molecule has 0 bridgehead atoms. The summed E-state index contributed by atoms with van der Waals surface area (Å²) in [5.74, 6) is -1.50. The van der Waals surface area contributed by atoms with Gasteiger partial charge >= 0.3 is 5.97 Å². The third-order valence-corrected chi connectivity index (χ3v) is 4.96. The van der Waals surface area contributed by atoms with Crippen LogP contribution >= 0.6 is 0 Å². The average Bonchev–Trinajstić information content (AvgIpc) is 2.77. The van der Waals surface area contributed by atoms with Gasteiger partial charge in [-0.05, 0) is 38.6 Å². The van der Waals surface area contributed by atoms with Crippen LogP contribution in [0, 0.1) is 5.92 Å². The Bertz CT molecular complexity index is 555. The van der Waals surface area contributed by atoms with E-state index in [9.17, 15) is 14.4 Å². The van der Waals surface area contributed by atoms with E-state index >= 15 is 0 Å². The first kappa shape index (κ1) is 34.7. The van der Waals surface area contributed by atoms with Gasteiger partial charge in [0.1, 0.15) is 6.04 Å². The van der Waals surface area contributed by atoms with Gasteiger partial charge in [-0.3, -0.25) is 9.59 Å². The highest BCUT2D eigenvalue weighted by atomic mass is 16.4. The number of carbonyl (C=O) groups excluding carboxylic acids is 2. The Morgan fingerprint density at radius 3 is 1.84 bits per heavy atom. The Morgan fingerprint density at radius 2 is 1.50 bits per heavy atom. The molecule has 7 heteroatoms. The van der Waals surface area contributed by atoms with Crippen LogP contribution in [0.4, 0.5) is 0 Å². The Balaban J connectivity index is -0.00000154. The molecular formula is C25H51N3O4. The van der Waals surface area contributed by atoms with E-state index in [1.165, 1.54) is 24.3 Å². The SMILES string of the molecule is CC.CCC.CCCNC(CC)(CC)C(=O)NC(C(=O)N(C)C/C=C(\C)C(=O)O)C(C)C. The van der Waals surface area contributed by atoms with Crippen molar-refractivity contribution in [3.63, 3.8) is 0 Å². The minimum Gasteiger partial charge on any atom is -0.478 e. The Morgan fingerprint density at radius 1 is 1.03 bits per heavy atom. The minimum atomic E-state index is -1.01. The van der Waals surface area contributed by atoms with E-state index in [0.29, 0.717) is 12.8 Å². The van der Waals surface area contributed by atoms with Crippen molar-refractivity contribution >= 4 is 17.8 Å². The van der Waals surface area contributed by atoms with Gasteiger partial charge in [0.25, 0.3) is 0 Å². The second-order valence-electron chi connectivity index (χ2n) is 8.03. The molecule has 0 aromatic rings. The third-order valence-electron chi connectivity index (χ3n) is 4.96. The Hall–Kier alpha value is -1.89. The molecule has 0 saturated heterocycles. The number of hydrogen-bond donors (Lipinski definition) is 3. The van der Waals surface area contributed by atoms with Crippen molar-refractivity contribution in [2.45, 2.75) is 107 Å². The first-order valence-electron chi connectivity index (χ1n) is 12.2. The quantitative estimate of drug-likeness (QED) is 0.372. The molecule has 0 radical (unpaired) electrons. The average molecular weight is 458 g/mol. The lowest BCUT2D eigenvalue weighted by Crippen LogP contribution is -2.61. The molecular weight excluding hydrogens is 406 g/mol. The van der Waals surface area contributed by atoms with Crippen molar-refractivity contribution in [1.82, 2.24) is 15.5 Å². The van der Waals surface area contributed by atoms with Crippen molar-refractivity contribution < 1.29 is 19.5 Å². The number of nitrogens with zero attached hydrogens (tertiary/aromatic N) is 1. The molecule has 0 saturated carbocycles. The number of amides is 2. The van der Waals surface area contributed by atoms with Crippen LogP contribution < -0.4 is 10.6 Å². The van der Waals surface area contributed by atoms with Crippen LogP contribution in [0.1, 0.15) is 94.9 Å². The Kier molecular flexibility index (Phi) is 21.4. The molecule has 0 aliphatic heterocycles. The second-order valence-corrected chi connectivity index (χ2v) is 8.03. The lowest BCUT2D eigenvalue weighted by molar-refractivity contribution is -0.138. The largest absolute Gasteiger partial charge is 0.478 e. The van der Waals surface area contributed by atoms with Crippen LogP contribution in [0.3, 0.4) is 0 Å². The molecule has 1 atom stereocenters. The van der Waals surface area contributed by atoms with Gasteiger partial charge in [-0.1, -0.05) is 74.8 Å². The molecule has 0 heterocycles. The van der Waals surface area contributed by atoms with Crippen molar-refractivity contribution in [3.8, 4) is 0 Å². The first-order chi connectivity index (χ1) is 15.0. The summed E-state index contributed by atoms with van der Waals surface area (Å²) in [6.07, 6.45) is 4.92. The van der Waals surface area contributed by atoms with Crippen LogP contribution in [0.5, 0.6) is 0 Å². The summed E-state index contributed by atoms with van der Waals surface area (Å²) in [6.45, 7) is 20.4. The minimum absolute atomic E-state index is 0.0916. The monoisotopic (exact) mass is 457 g/mol. The molecule has 3 N–H and O–H groups in total. The predicted octanol–water partition coefficient (Wildman–Crippen LogP) is 4.62. The van der Waals surface area contributed by atoms with Gasteiger partial charge in [0, 0.05) is 19.2 Å². The molecule has 7 nitrogen and oxygen atoms in total. The fraction of sp³-hybridized carbons (Fsp3) is 0.800. The molecule has 0 rings (SSSR count). The fourth-order valence-electron chi connectivity index (χ4n) is 2.75. The van der Waals surface area contributed by atoms with Crippen LogP contribution in [-0.2, 0) is 14.4 Å². The fourth-order valence-corrected chi connectivity index (χ4v) is 2.75. The van der Waals surface area contributed by atoms with Crippen LogP contribution in [-0.4, -0.2) is 59.5 Å². The van der Waals surface area contributed by atoms with E-state index in [4.69, 9.17) is 5.11 Å². The van der Waals surface area contributed by atoms with Crippen molar-refractivity contribution in [3.05, 3.63) is 11.6 Å². The number of hydrogen-bond acceptors (Lipinski definition) is 4. The summed E-state index contributed by atoms with van der Waals surface area (Å²) in [5, 5.41) is 15.2. The van der Waals surface area contributed by atoms with E-state index in [2.05, 4.69) is 24.5 Å². The van der Waals surface area contributed by atoms with Gasteiger partial charge in [-0.15, -0.1) is 0 Å². The maximum absolute atomic E-state index is 13.0. The van der Waals surface area contributed by atoms with Crippen LogP contribution in [0.15, 0.2) is 11.6 Å². The second kappa shape index (κ2) is 19.8.